The number of hydrogen-bond donors (Lipinski definition) is 1. The molecule has 2 rings (SSSR count). The quantitative estimate of drug-likeness (QED) is 0.855. The van der Waals surface area contributed by atoms with Crippen LogP contribution in [-0.4, -0.2) is 39.0 Å². The van der Waals surface area contributed by atoms with Crippen molar-refractivity contribution in [2.45, 2.75) is 68.7 Å². The predicted octanol–water partition coefficient (Wildman–Crippen LogP) is 3.86. The standard InChI is InChI=1S/C15H27N3OS2/c1-6-12(9(3)16-7-2)15-17-14(18-19-15)13-8-20-10(4)11(5)21-13/h9-13,16H,6-8H2,1-5H3. The van der Waals surface area contributed by atoms with Crippen LogP contribution in [0.25, 0.3) is 0 Å². The molecule has 0 amide bonds. The molecule has 1 aromatic rings. The Labute approximate surface area is 136 Å². The van der Waals surface area contributed by atoms with Crippen molar-refractivity contribution in [1.29, 1.82) is 0 Å². The number of aromatic nitrogens is 2. The van der Waals surface area contributed by atoms with Gasteiger partial charge in [0.2, 0.25) is 5.89 Å². The van der Waals surface area contributed by atoms with Crippen molar-refractivity contribution >= 4 is 23.5 Å². The third-order valence-electron chi connectivity index (χ3n) is 4.18. The lowest BCUT2D eigenvalue weighted by Gasteiger charge is -2.29. The maximum atomic E-state index is 5.58. The fourth-order valence-electron chi connectivity index (χ4n) is 2.65. The van der Waals surface area contributed by atoms with Gasteiger partial charge < -0.3 is 9.84 Å². The van der Waals surface area contributed by atoms with Crippen LogP contribution in [0.1, 0.15) is 63.9 Å². The summed E-state index contributed by atoms with van der Waals surface area (Å²) >= 11 is 3.99. The SMILES string of the molecule is CCNC(C)C(CC)c1nc(C2CSC(C)C(C)S2)no1. The summed E-state index contributed by atoms with van der Waals surface area (Å²) in [5, 5.41) is 9.43. The van der Waals surface area contributed by atoms with Crippen LogP contribution in [0.5, 0.6) is 0 Å². The Kier molecular flexibility index (Phi) is 6.44. The summed E-state index contributed by atoms with van der Waals surface area (Å²) in [5.41, 5.74) is 0. The lowest BCUT2D eigenvalue weighted by molar-refractivity contribution is 0.316. The molecule has 0 saturated carbocycles. The summed E-state index contributed by atoms with van der Waals surface area (Å²) in [6.07, 6.45) is 1.01. The number of likely N-dealkylation sites (N-methyl/N-ethyl adjacent to an activating group) is 1. The lowest BCUT2D eigenvalue weighted by Crippen LogP contribution is -2.32. The fourth-order valence-corrected chi connectivity index (χ4v) is 5.49. The number of nitrogens with one attached hydrogen (secondary N) is 1. The first-order valence-electron chi connectivity index (χ1n) is 7.90. The molecule has 0 aromatic carbocycles. The first kappa shape index (κ1) is 17.2. The number of rotatable bonds is 6. The summed E-state index contributed by atoms with van der Waals surface area (Å²) in [6, 6.07) is 0.362. The van der Waals surface area contributed by atoms with Crippen molar-refractivity contribution in [2.75, 3.05) is 12.3 Å². The van der Waals surface area contributed by atoms with Crippen LogP contribution in [0.2, 0.25) is 0 Å². The van der Waals surface area contributed by atoms with Gasteiger partial charge in [0.1, 0.15) is 0 Å². The van der Waals surface area contributed by atoms with Crippen LogP contribution < -0.4 is 5.32 Å². The molecule has 2 heterocycles. The molecule has 1 aliphatic heterocycles. The van der Waals surface area contributed by atoms with E-state index in [9.17, 15) is 0 Å². The first-order chi connectivity index (χ1) is 10.1. The number of hydrogen-bond acceptors (Lipinski definition) is 6. The molecular weight excluding hydrogens is 302 g/mol. The zero-order valence-corrected chi connectivity index (χ0v) is 15.3. The fraction of sp³-hybridized carbons (Fsp3) is 0.867. The van der Waals surface area contributed by atoms with Gasteiger partial charge in [-0.1, -0.05) is 32.9 Å². The molecule has 1 N–H and O–H groups in total. The van der Waals surface area contributed by atoms with Crippen molar-refractivity contribution in [2.24, 2.45) is 0 Å². The molecule has 4 nitrogen and oxygen atoms in total. The molecule has 0 aliphatic carbocycles. The molecule has 5 atom stereocenters. The third-order valence-corrected chi connectivity index (χ3v) is 7.57. The van der Waals surface area contributed by atoms with Gasteiger partial charge in [0.15, 0.2) is 5.82 Å². The molecule has 0 radical (unpaired) electrons. The average Bonchev–Trinajstić information content (AvgIpc) is 2.92. The predicted molar refractivity (Wildman–Crippen MR) is 92.2 cm³/mol. The Balaban J connectivity index is 2.06. The van der Waals surface area contributed by atoms with Gasteiger partial charge in [0, 0.05) is 22.3 Å². The zero-order valence-electron chi connectivity index (χ0n) is 13.6. The molecule has 1 aliphatic rings. The molecule has 0 bridgehead atoms. The van der Waals surface area contributed by atoms with Crippen LogP contribution in [0, 0.1) is 0 Å². The van der Waals surface area contributed by atoms with Gasteiger partial charge >= 0.3 is 0 Å². The molecule has 1 fully saturated rings. The summed E-state index contributed by atoms with van der Waals surface area (Å²) in [4.78, 5) is 4.72. The highest BCUT2D eigenvalue weighted by atomic mass is 32.2. The molecule has 0 spiro atoms. The van der Waals surface area contributed by atoms with E-state index < -0.39 is 0 Å². The molecule has 6 heteroatoms. The van der Waals surface area contributed by atoms with Crippen molar-refractivity contribution < 1.29 is 4.52 Å². The van der Waals surface area contributed by atoms with Crippen molar-refractivity contribution in [3.63, 3.8) is 0 Å². The van der Waals surface area contributed by atoms with Crippen molar-refractivity contribution in [3.8, 4) is 0 Å². The largest absolute Gasteiger partial charge is 0.339 e. The van der Waals surface area contributed by atoms with E-state index in [4.69, 9.17) is 9.51 Å². The Morgan fingerprint density at radius 2 is 2.10 bits per heavy atom. The van der Waals surface area contributed by atoms with Crippen LogP contribution in [-0.2, 0) is 0 Å². The Morgan fingerprint density at radius 3 is 2.71 bits per heavy atom. The Hall–Kier alpha value is -0.200. The third kappa shape index (κ3) is 4.17. The normalized spacial score (nSPS) is 29.3. The van der Waals surface area contributed by atoms with Crippen molar-refractivity contribution in [1.82, 2.24) is 15.5 Å². The van der Waals surface area contributed by atoms with Crippen LogP contribution >= 0.6 is 23.5 Å². The minimum atomic E-state index is 0.295. The highest BCUT2D eigenvalue weighted by Crippen LogP contribution is 2.43. The minimum Gasteiger partial charge on any atom is -0.339 e. The maximum Gasteiger partial charge on any atom is 0.231 e. The van der Waals surface area contributed by atoms with Gasteiger partial charge in [0.05, 0.1) is 11.2 Å². The second-order valence-corrected chi connectivity index (χ2v) is 8.72. The van der Waals surface area contributed by atoms with Gasteiger partial charge in [0.25, 0.3) is 0 Å². The molecular formula is C15H27N3OS2. The summed E-state index contributed by atoms with van der Waals surface area (Å²) < 4.78 is 5.58. The van der Waals surface area contributed by atoms with E-state index in [-0.39, 0.29) is 0 Å². The summed E-state index contributed by atoms with van der Waals surface area (Å²) in [5.74, 6) is 3.04. The topological polar surface area (TPSA) is 51.0 Å². The number of nitrogens with zero attached hydrogens (tertiary/aromatic N) is 2. The lowest BCUT2D eigenvalue weighted by atomic mass is 9.98. The zero-order chi connectivity index (χ0) is 15.4. The average molecular weight is 330 g/mol. The second kappa shape index (κ2) is 7.88. The Morgan fingerprint density at radius 1 is 1.33 bits per heavy atom. The summed E-state index contributed by atoms with van der Waals surface area (Å²) in [7, 11) is 0. The van der Waals surface area contributed by atoms with Gasteiger partial charge in [-0.25, -0.2) is 0 Å². The smallest absolute Gasteiger partial charge is 0.231 e. The second-order valence-electron chi connectivity index (χ2n) is 5.72. The molecule has 1 saturated heterocycles. The minimum absolute atomic E-state index is 0.295. The van der Waals surface area contributed by atoms with E-state index in [1.807, 2.05) is 23.5 Å². The van der Waals surface area contributed by atoms with E-state index in [1.54, 1.807) is 0 Å². The van der Waals surface area contributed by atoms with E-state index in [2.05, 4.69) is 45.1 Å². The van der Waals surface area contributed by atoms with Gasteiger partial charge in [-0.05, 0) is 19.9 Å². The molecule has 5 unspecified atom stereocenters. The molecule has 21 heavy (non-hydrogen) atoms. The van der Waals surface area contributed by atoms with Gasteiger partial charge in [-0.2, -0.15) is 16.7 Å². The highest BCUT2D eigenvalue weighted by Gasteiger charge is 2.31. The van der Waals surface area contributed by atoms with E-state index in [0.29, 0.717) is 27.7 Å². The maximum absolute atomic E-state index is 5.58. The van der Waals surface area contributed by atoms with Crippen molar-refractivity contribution in [3.05, 3.63) is 11.7 Å². The van der Waals surface area contributed by atoms with E-state index >= 15 is 0 Å². The Bertz CT molecular complexity index is 440. The first-order valence-corrected chi connectivity index (χ1v) is 9.89. The summed E-state index contributed by atoms with van der Waals surface area (Å²) in [6.45, 7) is 12.0. The van der Waals surface area contributed by atoms with Crippen LogP contribution in [0.4, 0.5) is 0 Å². The monoisotopic (exact) mass is 329 g/mol. The van der Waals surface area contributed by atoms with Crippen LogP contribution in [0.15, 0.2) is 4.52 Å². The molecule has 1 aromatic heterocycles. The molecule has 120 valence electrons. The number of thioether (sulfide) groups is 2. The van der Waals surface area contributed by atoms with Gasteiger partial charge in [-0.15, -0.1) is 11.8 Å². The van der Waals surface area contributed by atoms with Crippen LogP contribution in [0.3, 0.4) is 0 Å². The van der Waals surface area contributed by atoms with Gasteiger partial charge in [-0.3, -0.25) is 0 Å². The highest BCUT2D eigenvalue weighted by molar-refractivity contribution is 8.07. The van der Waals surface area contributed by atoms with E-state index in [1.165, 1.54) is 0 Å². The van der Waals surface area contributed by atoms with E-state index in [0.717, 1.165) is 30.4 Å².